The first-order valence-electron chi connectivity index (χ1n) is 3.91. The number of thiophene rings is 1. The second-order valence-electron chi connectivity index (χ2n) is 2.89. The molecule has 64 valence electrons. The number of benzene rings is 1. The van der Waals surface area contributed by atoms with Crippen molar-refractivity contribution < 1.29 is 0 Å². The molecule has 0 aliphatic carbocycles. The molecule has 2 rings (SSSR count). The molecule has 0 saturated carbocycles. The van der Waals surface area contributed by atoms with Crippen LogP contribution in [0.15, 0.2) is 18.2 Å². The van der Waals surface area contributed by atoms with E-state index < -0.39 is 0 Å². The van der Waals surface area contributed by atoms with Crippen molar-refractivity contribution in [3.63, 3.8) is 0 Å². The van der Waals surface area contributed by atoms with Crippen LogP contribution in [0, 0.1) is 18.3 Å². The Bertz CT molecular complexity index is 505. The average Bonchev–Trinajstić information content (AvgIpc) is 2.45. The molecule has 0 aliphatic heterocycles. The van der Waals surface area contributed by atoms with E-state index >= 15 is 0 Å². The van der Waals surface area contributed by atoms with E-state index in [1.54, 1.807) is 0 Å². The molecule has 0 saturated heterocycles. The van der Waals surface area contributed by atoms with Gasteiger partial charge in [0, 0.05) is 5.69 Å². The first-order chi connectivity index (χ1) is 6.24. The van der Waals surface area contributed by atoms with Crippen LogP contribution in [0.25, 0.3) is 10.1 Å². The number of hydrogen-bond donors (Lipinski definition) is 1. The van der Waals surface area contributed by atoms with E-state index in [4.69, 9.17) is 11.0 Å². The number of fused-ring (bicyclic) bond motifs is 1. The van der Waals surface area contributed by atoms with Crippen LogP contribution in [0.3, 0.4) is 0 Å². The number of anilines is 1. The van der Waals surface area contributed by atoms with Gasteiger partial charge in [-0.25, -0.2) is 0 Å². The van der Waals surface area contributed by atoms with Gasteiger partial charge in [-0.1, -0.05) is 12.1 Å². The van der Waals surface area contributed by atoms with E-state index in [1.807, 2.05) is 25.1 Å². The maximum Gasteiger partial charge on any atom is 0.110 e. The van der Waals surface area contributed by atoms with Crippen LogP contribution in [0.5, 0.6) is 0 Å². The van der Waals surface area contributed by atoms with Gasteiger partial charge >= 0.3 is 0 Å². The van der Waals surface area contributed by atoms with Gasteiger partial charge in [0.25, 0.3) is 0 Å². The lowest BCUT2D eigenvalue weighted by Crippen LogP contribution is -1.82. The van der Waals surface area contributed by atoms with Crippen LogP contribution in [-0.2, 0) is 0 Å². The van der Waals surface area contributed by atoms with E-state index in [-0.39, 0.29) is 0 Å². The summed E-state index contributed by atoms with van der Waals surface area (Å²) >= 11 is 1.46. The molecule has 0 radical (unpaired) electrons. The molecule has 1 heterocycles. The molecule has 0 aliphatic rings. The Kier molecular flexibility index (Phi) is 1.71. The topological polar surface area (TPSA) is 49.8 Å². The second kappa shape index (κ2) is 2.75. The fraction of sp³-hybridized carbons (Fsp3) is 0.100. The monoisotopic (exact) mass is 188 g/mol. The molecule has 0 spiro atoms. The third-order valence-corrected chi connectivity index (χ3v) is 3.36. The lowest BCUT2D eigenvalue weighted by atomic mass is 10.1. The minimum absolute atomic E-state index is 0.757. The normalized spacial score (nSPS) is 10.2. The molecule has 13 heavy (non-hydrogen) atoms. The van der Waals surface area contributed by atoms with E-state index in [0.717, 1.165) is 26.2 Å². The fourth-order valence-electron chi connectivity index (χ4n) is 1.37. The van der Waals surface area contributed by atoms with Crippen molar-refractivity contribution in [2.24, 2.45) is 0 Å². The lowest BCUT2D eigenvalue weighted by molar-refractivity contribution is 1.48. The van der Waals surface area contributed by atoms with E-state index in [1.165, 1.54) is 11.3 Å². The van der Waals surface area contributed by atoms with Crippen molar-refractivity contribution in [1.82, 2.24) is 0 Å². The summed E-state index contributed by atoms with van der Waals surface area (Å²) in [4.78, 5) is 0.757. The van der Waals surface area contributed by atoms with E-state index in [0.29, 0.717) is 0 Å². The zero-order valence-electron chi connectivity index (χ0n) is 7.16. The summed E-state index contributed by atoms with van der Waals surface area (Å²) in [6.45, 7) is 1.96. The van der Waals surface area contributed by atoms with Gasteiger partial charge in [0.2, 0.25) is 0 Å². The van der Waals surface area contributed by atoms with Gasteiger partial charge in [-0.2, -0.15) is 5.26 Å². The molecule has 3 heteroatoms. The highest BCUT2D eigenvalue weighted by atomic mass is 32.1. The third-order valence-electron chi connectivity index (χ3n) is 2.10. The molecule has 0 bridgehead atoms. The van der Waals surface area contributed by atoms with Gasteiger partial charge < -0.3 is 5.73 Å². The molecule has 0 fully saturated rings. The number of rotatable bonds is 0. The highest BCUT2D eigenvalue weighted by Crippen LogP contribution is 2.33. The predicted octanol–water partition coefficient (Wildman–Crippen LogP) is 2.66. The smallest absolute Gasteiger partial charge is 0.110 e. The predicted molar refractivity (Wildman–Crippen MR) is 55.7 cm³/mol. The number of nitrogens with two attached hydrogens (primary N) is 1. The Hall–Kier alpha value is -1.53. The van der Waals surface area contributed by atoms with E-state index in [9.17, 15) is 0 Å². The number of nitrogens with zero attached hydrogens (tertiary/aromatic N) is 1. The largest absolute Gasteiger partial charge is 0.398 e. The summed E-state index contributed by atoms with van der Waals surface area (Å²) in [6.07, 6.45) is 0. The SMILES string of the molecule is Cc1c(C#N)sc2c(N)cccc12. The molecule has 0 amide bonds. The summed E-state index contributed by atoms with van der Waals surface area (Å²) in [5.74, 6) is 0. The van der Waals surface area contributed by atoms with Crippen molar-refractivity contribution in [1.29, 1.82) is 5.26 Å². The van der Waals surface area contributed by atoms with Gasteiger partial charge in [0.1, 0.15) is 10.9 Å². The number of nitriles is 1. The summed E-state index contributed by atoms with van der Waals surface area (Å²) in [5, 5.41) is 9.93. The first-order valence-corrected chi connectivity index (χ1v) is 4.73. The number of aryl methyl sites for hydroxylation is 1. The minimum atomic E-state index is 0.757. The Labute approximate surface area is 80.2 Å². The Morgan fingerprint density at radius 3 is 2.85 bits per heavy atom. The summed E-state index contributed by atoms with van der Waals surface area (Å²) in [6, 6.07) is 7.95. The Morgan fingerprint density at radius 1 is 1.46 bits per heavy atom. The molecular formula is C10H8N2S. The number of hydrogen-bond acceptors (Lipinski definition) is 3. The first kappa shape index (κ1) is 8.09. The summed E-state index contributed by atoms with van der Waals surface area (Å²) in [5.41, 5.74) is 7.59. The molecule has 1 aromatic carbocycles. The van der Waals surface area contributed by atoms with Crippen LogP contribution >= 0.6 is 11.3 Å². The summed E-state index contributed by atoms with van der Waals surface area (Å²) < 4.78 is 1.02. The van der Waals surface area contributed by atoms with Crippen molar-refractivity contribution in [3.05, 3.63) is 28.6 Å². The van der Waals surface area contributed by atoms with Gasteiger partial charge in [-0.3, -0.25) is 0 Å². The van der Waals surface area contributed by atoms with E-state index in [2.05, 4.69) is 6.07 Å². The minimum Gasteiger partial charge on any atom is -0.398 e. The highest BCUT2D eigenvalue weighted by Gasteiger charge is 2.08. The molecule has 2 nitrogen and oxygen atoms in total. The Morgan fingerprint density at radius 2 is 2.23 bits per heavy atom. The molecule has 1 aromatic heterocycles. The second-order valence-corrected chi connectivity index (χ2v) is 3.91. The zero-order valence-corrected chi connectivity index (χ0v) is 7.98. The lowest BCUT2D eigenvalue weighted by Gasteiger charge is -1.93. The summed E-state index contributed by atoms with van der Waals surface area (Å²) in [7, 11) is 0. The molecule has 0 unspecified atom stereocenters. The maximum absolute atomic E-state index is 8.83. The van der Waals surface area contributed by atoms with Crippen LogP contribution < -0.4 is 5.73 Å². The quantitative estimate of drug-likeness (QED) is 0.646. The zero-order chi connectivity index (χ0) is 9.42. The van der Waals surface area contributed by atoms with Gasteiger partial charge in [-0.05, 0) is 23.9 Å². The van der Waals surface area contributed by atoms with Crippen LogP contribution in [0.2, 0.25) is 0 Å². The van der Waals surface area contributed by atoms with Gasteiger partial charge in [0.15, 0.2) is 0 Å². The van der Waals surface area contributed by atoms with Crippen LogP contribution in [-0.4, -0.2) is 0 Å². The van der Waals surface area contributed by atoms with Gasteiger partial charge in [-0.15, -0.1) is 11.3 Å². The number of nitrogen functional groups attached to an aromatic ring is 1. The fourth-order valence-corrected chi connectivity index (χ4v) is 2.40. The van der Waals surface area contributed by atoms with Crippen LogP contribution in [0.4, 0.5) is 5.69 Å². The molecule has 2 aromatic rings. The van der Waals surface area contributed by atoms with Crippen molar-refractivity contribution in [2.75, 3.05) is 5.73 Å². The highest BCUT2D eigenvalue weighted by molar-refractivity contribution is 7.20. The van der Waals surface area contributed by atoms with Crippen molar-refractivity contribution in [2.45, 2.75) is 6.92 Å². The van der Waals surface area contributed by atoms with Crippen molar-refractivity contribution in [3.8, 4) is 6.07 Å². The molecule has 2 N–H and O–H groups in total. The third kappa shape index (κ3) is 1.07. The van der Waals surface area contributed by atoms with Crippen molar-refractivity contribution >= 4 is 27.1 Å². The van der Waals surface area contributed by atoms with Crippen LogP contribution in [0.1, 0.15) is 10.4 Å². The molecular weight excluding hydrogens is 180 g/mol. The molecule has 0 atom stereocenters. The standard InChI is InChI=1S/C10H8N2S/c1-6-7-3-2-4-8(12)10(7)13-9(6)5-11/h2-4H,12H2,1H3. The Balaban J connectivity index is 2.94. The maximum atomic E-state index is 8.83. The van der Waals surface area contributed by atoms with Gasteiger partial charge in [0.05, 0.1) is 4.70 Å². The average molecular weight is 188 g/mol.